The van der Waals surface area contributed by atoms with E-state index in [4.69, 9.17) is 0 Å². The maximum Gasteiger partial charge on any atom is -0.0125 e. The molecule has 0 heterocycles. The summed E-state index contributed by atoms with van der Waals surface area (Å²) >= 11 is 0. The summed E-state index contributed by atoms with van der Waals surface area (Å²) in [4.78, 5) is 0. The highest BCUT2D eigenvalue weighted by Crippen LogP contribution is 2.42. The van der Waals surface area contributed by atoms with Crippen LogP contribution in [0.1, 0.15) is 52.7 Å². The molecule has 0 unspecified atom stereocenters. The molecule has 0 radical (unpaired) electrons. The van der Waals surface area contributed by atoms with Crippen molar-refractivity contribution in [2.75, 3.05) is 0 Å². The van der Waals surface area contributed by atoms with E-state index in [0.29, 0.717) is 0 Å². The Bertz CT molecular complexity index is 1070. The Balaban J connectivity index is 2.13. The Labute approximate surface area is 169 Å². The van der Waals surface area contributed by atoms with Crippen LogP contribution in [0.3, 0.4) is 0 Å². The molecule has 4 rings (SSSR count). The van der Waals surface area contributed by atoms with Crippen molar-refractivity contribution in [1.82, 2.24) is 0 Å². The first kappa shape index (κ1) is 18.7. The summed E-state index contributed by atoms with van der Waals surface area (Å²) in [5, 5.41) is 5.24. The minimum atomic E-state index is 0.0696. The molecule has 0 saturated carbocycles. The van der Waals surface area contributed by atoms with Crippen molar-refractivity contribution in [1.29, 1.82) is 0 Å². The summed E-state index contributed by atoms with van der Waals surface area (Å²) < 4.78 is 0. The Hall–Kier alpha value is -2.60. The van der Waals surface area contributed by atoms with Crippen molar-refractivity contribution in [2.45, 2.75) is 52.4 Å². The van der Waals surface area contributed by atoms with Crippen LogP contribution in [0, 0.1) is 0 Å². The average molecular weight is 367 g/mol. The van der Waals surface area contributed by atoms with Crippen LogP contribution >= 0.6 is 0 Å². The highest BCUT2D eigenvalue weighted by atomic mass is 14.3. The van der Waals surface area contributed by atoms with Gasteiger partial charge in [-0.2, -0.15) is 0 Å². The quantitative estimate of drug-likeness (QED) is 0.318. The van der Waals surface area contributed by atoms with E-state index >= 15 is 0 Å². The van der Waals surface area contributed by atoms with Gasteiger partial charge in [0.2, 0.25) is 0 Å². The number of hydrogen-bond acceptors (Lipinski definition) is 0. The zero-order chi connectivity index (χ0) is 20.1. The van der Waals surface area contributed by atoms with Gasteiger partial charge in [-0.1, -0.05) is 102 Å². The predicted molar refractivity (Wildman–Crippen MR) is 124 cm³/mol. The molecule has 0 spiro atoms. The molecule has 0 heteroatoms. The van der Waals surface area contributed by atoms with E-state index in [1.165, 1.54) is 43.8 Å². The predicted octanol–water partition coefficient (Wildman–Crippen LogP) is 8.26. The maximum absolute atomic E-state index is 2.40. The van der Waals surface area contributed by atoms with Gasteiger partial charge in [0.05, 0.1) is 0 Å². The third kappa shape index (κ3) is 3.33. The third-order valence-electron chi connectivity index (χ3n) is 5.68. The molecule has 0 bridgehead atoms. The lowest BCUT2D eigenvalue weighted by molar-refractivity contribution is 0.586. The van der Waals surface area contributed by atoms with Crippen LogP contribution in [-0.4, -0.2) is 0 Å². The van der Waals surface area contributed by atoms with Crippen LogP contribution in [0.15, 0.2) is 72.8 Å². The van der Waals surface area contributed by atoms with Crippen LogP contribution in [0.25, 0.3) is 32.7 Å². The van der Waals surface area contributed by atoms with Crippen LogP contribution in [0.4, 0.5) is 0 Å². The van der Waals surface area contributed by atoms with Gasteiger partial charge in [-0.05, 0) is 66.8 Å². The summed E-state index contributed by atoms with van der Waals surface area (Å²) in [6.07, 6.45) is 0. The topological polar surface area (TPSA) is 0 Å². The summed E-state index contributed by atoms with van der Waals surface area (Å²) in [7, 11) is 0. The first-order valence-electron chi connectivity index (χ1n) is 10.2. The van der Waals surface area contributed by atoms with E-state index in [2.05, 4.69) is 114 Å². The molecular formula is C28H30. The zero-order valence-corrected chi connectivity index (χ0v) is 17.9. The van der Waals surface area contributed by atoms with Gasteiger partial charge in [0.15, 0.2) is 0 Å². The lowest BCUT2D eigenvalue weighted by Gasteiger charge is -2.29. The minimum Gasteiger partial charge on any atom is -0.0616 e. The Morgan fingerprint density at radius 2 is 0.714 bits per heavy atom. The fraction of sp³-hybridized carbons (Fsp3) is 0.286. The minimum absolute atomic E-state index is 0.0696. The molecule has 0 amide bonds. The van der Waals surface area contributed by atoms with Crippen molar-refractivity contribution in [3.63, 3.8) is 0 Å². The molecular weight excluding hydrogens is 336 g/mol. The Morgan fingerprint density at radius 3 is 1.00 bits per heavy atom. The first-order chi connectivity index (χ1) is 13.1. The van der Waals surface area contributed by atoms with Gasteiger partial charge in [0, 0.05) is 0 Å². The van der Waals surface area contributed by atoms with Gasteiger partial charge in [-0.25, -0.2) is 0 Å². The van der Waals surface area contributed by atoms with Crippen molar-refractivity contribution < 1.29 is 0 Å². The van der Waals surface area contributed by atoms with Crippen LogP contribution in [0.5, 0.6) is 0 Å². The second-order valence-corrected chi connectivity index (χ2v) is 9.99. The van der Waals surface area contributed by atoms with Crippen LogP contribution in [-0.2, 0) is 10.8 Å². The molecule has 4 aromatic carbocycles. The maximum atomic E-state index is 2.40. The molecule has 0 N–H and O–H groups in total. The Morgan fingerprint density at radius 1 is 0.429 bits per heavy atom. The zero-order valence-electron chi connectivity index (χ0n) is 17.9. The lowest BCUT2D eigenvalue weighted by Crippen LogP contribution is -2.16. The van der Waals surface area contributed by atoms with Gasteiger partial charge < -0.3 is 0 Å². The number of benzene rings is 4. The average Bonchev–Trinajstić information content (AvgIpc) is 2.64. The fourth-order valence-corrected chi connectivity index (χ4v) is 4.17. The smallest absolute Gasteiger partial charge is 0.0125 e. The summed E-state index contributed by atoms with van der Waals surface area (Å²) in [6, 6.07) is 27.0. The lowest BCUT2D eigenvalue weighted by atomic mass is 9.75. The molecule has 4 aromatic rings. The normalized spacial score (nSPS) is 12.6. The van der Waals surface area contributed by atoms with E-state index < -0.39 is 0 Å². The monoisotopic (exact) mass is 366 g/mol. The molecule has 0 aliphatic rings. The van der Waals surface area contributed by atoms with E-state index in [9.17, 15) is 0 Å². The Kier molecular flexibility index (Phi) is 4.34. The molecule has 0 aliphatic carbocycles. The molecule has 0 nitrogen and oxygen atoms in total. The molecule has 0 atom stereocenters. The fourth-order valence-electron chi connectivity index (χ4n) is 4.17. The molecule has 0 aliphatic heterocycles. The third-order valence-corrected chi connectivity index (χ3v) is 5.68. The molecule has 0 saturated heterocycles. The molecule has 0 aromatic heterocycles. The highest BCUT2D eigenvalue weighted by molar-refractivity contribution is 5.94. The van der Waals surface area contributed by atoms with Gasteiger partial charge >= 0.3 is 0 Å². The first-order valence-corrected chi connectivity index (χ1v) is 10.2. The van der Waals surface area contributed by atoms with E-state index in [1.54, 1.807) is 0 Å². The van der Waals surface area contributed by atoms with Gasteiger partial charge in [-0.3, -0.25) is 0 Å². The van der Waals surface area contributed by atoms with Crippen molar-refractivity contribution >= 4 is 21.5 Å². The summed E-state index contributed by atoms with van der Waals surface area (Å²) in [5.74, 6) is 0. The second kappa shape index (κ2) is 6.48. The number of rotatable bonds is 1. The SMILES string of the molecule is CC(C)(C)c1cc2ccccc2cc1-c1cc2ccccc2cc1C(C)(C)C. The summed E-state index contributed by atoms with van der Waals surface area (Å²) in [5.41, 5.74) is 5.68. The number of hydrogen-bond donors (Lipinski definition) is 0. The van der Waals surface area contributed by atoms with Crippen molar-refractivity contribution in [3.05, 3.63) is 83.9 Å². The number of fused-ring (bicyclic) bond motifs is 2. The van der Waals surface area contributed by atoms with Gasteiger partial charge in [-0.15, -0.1) is 0 Å². The second-order valence-electron chi connectivity index (χ2n) is 9.99. The molecule has 0 fully saturated rings. The van der Waals surface area contributed by atoms with Crippen molar-refractivity contribution in [2.24, 2.45) is 0 Å². The van der Waals surface area contributed by atoms with Gasteiger partial charge in [0.25, 0.3) is 0 Å². The van der Waals surface area contributed by atoms with Gasteiger partial charge in [0.1, 0.15) is 0 Å². The molecule has 28 heavy (non-hydrogen) atoms. The van der Waals surface area contributed by atoms with E-state index in [1.807, 2.05) is 0 Å². The van der Waals surface area contributed by atoms with E-state index in [-0.39, 0.29) is 10.8 Å². The standard InChI is InChI=1S/C28H30/c1-27(2,3)25-17-21-13-9-7-11-19(21)15-23(25)24-16-20-12-8-10-14-22(20)18-26(24)28(4,5)6/h7-18H,1-6H3. The largest absolute Gasteiger partial charge is 0.0616 e. The van der Waals surface area contributed by atoms with E-state index in [0.717, 1.165) is 0 Å². The van der Waals surface area contributed by atoms with Crippen LogP contribution in [0.2, 0.25) is 0 Å². The molecule has 142 valence electrons. The van der Waals surface area contributed by atoms with Crippen molar-refractivity contribution in [3.8, 4) is 11.1 Å². The van der Waals surface area contributed by atoms with Crippen LogP contribution < -0.4 is 0 Å². The highest BCUT2D eigenvalue weighted by Gasteiger charge is 2.25. The summed E-state index contributed by atoms with van der Waals surface area (Å²) in [6.45, 7) is 13.9.